The summed E-state index contributed by atoms with van der Waals surface area (Å²) in [6.45, 7) is 6.26. The van der Waals surface area contributed by atoms with Crippen molar-refractivity contribution >= 4 is 17.3 Å². The lowest BCUT2D eigenvalue weighted by molar-refractivity contribution is -0.137. The van der Waals surface area contributed by atoms with Crippen molar-refractivity contribution in [2.24, 2.45) is 0 Å². The Morgan fingerprint density at radius 3 is 2.74 bits per heavy atom. The van der Waals surface area contributed by atoms with Gasteiger partial charge in [-0.2, -0.15) is 18.4 Å². The number of likely N-dealkylation sites (tertiary alicyclic amines) is 2. The van der Waals surface area contributed by atoms with E-state index in [1.165, 1.54) is 18.2 Å². The van der Waals surface area contributed by atoms with Crippen molar-refractivity contribution in [3.05, 3.63) is 59.3 Å². The number of hydrogen-bond donors (Lipinski definition) is 1. The predicted molar refractivity (Wildman–Crippen MR) is 140 cm³/mol. The lowest BCUT2D eigenvalue weighted by Gasteiger charge is -2.41. The number of rotatable bonds is 7. The zero-order chi connectivity index (χ0) is 27.7. The first-order chi connectivity index (χ1) is 18.7. The van der Waals surface area contributed by atoms with Crippen LogP contribution in [-0.4, -0.2) is 72.6 Å². The Hall–Kier alpha value is -3.78. The third-order valence-corrected chi connectivity index (χ3v) is 7.79. The Bertz CT molecular complexity index is 1300. The number of benzene rings is 1. The van der Waals surface area contributed by atoms with Gasteiger partial charge in [0, 0.05) is 36.9 Å². The summed E-state index contributed by atoms with van der Waals surface area (Å²) in [7, 11) is 2.03. The number of anilines is 2. The minimum atomic E-state index is -4.48. The van der Waals surface area contributed by atoms with E-state index >= 15 is 0 Å². The van der Waals surface area contributed by atoms with Crippen LogP contribution >= 0.6 is 0 Å². The molecule has 3 aliphatic heterocycles. The number of pyridine rings is 1. The number of amides is 1. The van der Waals surface area contributed by atoms with Gasteiger partial charge < -0.3 is 24.8 Å². The first-order valence-electron chi connectivity index (χ1n) is 13.1. The highest BCUT2D eigenvalue weighted by atomic mass is 19.4. The number of halogens is 3. The molecule has 2 saturated heterocycles. The standard InChI is InChI=1S/C28H31F3N6O2/c1-3-25(38)37-14-18(15-37)33-26-20-10-12-36(24-9-5-4-8-22(24)28(29,30)31)16-23(20)34-27(21(26)13-32)39-17-19-7-6-11-35(19)2/h3-5,8-9,18-19H,1,6-7,10-12,14-17H2,2H3,(H,33,34)/t19-/m0/s1. The zero-order valence-corrected chi connectivity index (χ0v) is 21.8. The highest BCUT2D eigenvalue weighted by Gasteiger charge is 2.37. The zero-order valence-electron chi connectivity index (χ0n) is 21.8. The number of nitrogens with one attached hydrogen (secondary N) is 1. The third kappa shape index (κ3) is 5.39. The minimum absolute atomic E-state index is 0.0784. The second-order valence-electron chi connectivity index (χ2n) is 10.3. The van der Waals surface area contributed by atoms with E-state index < -0.39 is 11.7 Å². The van der Waals surface area contributed by atoms with Crippen molar-refractivity contribution in [1.82, 2.24) is 14.8 Å². The summed E-state index contributed by atoms with van der Waals surface area (Å²) in [5.74, 6) is 0.0253. The highest BCUT2D eigenvalue weighted by molar-refractivity contribution is 5.88. The Morgan fingerprint density at radius 1 is 1.31 bits per heavy atom. The molecule has 11 heteroatoms. The number of nitriles is 1. The molecule has 4 heterocycles. The van der Waals surface area contributed by atoms with Crippen molar-refractivity contribution in [2.45, 2.75) is 44.1 Å². The quantitative estimate of drug-likeness (QED) is 0.535. The van der Waals surface area contributed by atoms with E-state index in [0.717, 1.165) is 31.0 Å². The predicted octanol–water partition coefficient (Wildman–Crippen LogP) is 3.82. The molecule has 1 aromatic carbocycles. The van der Waals surface area contributed by atoms with Crippen molar-refractivity contribution in [3.63, 3.8) is 0 Å². The molecule has 0 saturated carbocycles. The fraction of sp³-hybridized carbons (Fsp3) is 0.464. The molecule has 0 bridgehead atoms. The van der Waals surface area contributed by atoms with Crippen LogP contribution in [0.25, 0.3) is 0 Å². The summed E-state index contributed by atoms with van der Waals surface area (Å²) in [6, 6.07) is 7.91. The molecule has 39 heavy (non-hydrogen) atoms. The van der Waals surface area contributed by atoms with Gasteiger partial charge in [0.2, 0.25) is 11.8 Å². The van der Waals surface area contributed by atoms with Gasteiger partial charge in [0.1, 0.15) is 18.2 Å². The van der Waals surface area contributed by atoms with Crippen LogP contribution in [-0.2, 0) is 23.9 Å². The SMILES string of the molecule is C=CC(=O)N1CC(Nc2c(C#N)c(OC[C@@H]3CCCN3C)nc3c2CCN(c2ccccc2C(F)(F)F)C3)C1. The average molecular weight is 541 g/mol. The van der Waals surface area contributed by atoms with Crippen LogP contribution in [0.1, 0.15) is 35.2 Å². The number of aromatic nitrogens is 1. The maximum absolute atomic E-state index is 13.8. The monoisotopic (exact) mass is 540 g/mol. The summed E-state index contributed by atoms with van der Waals surface area (Å²) in [4.78, 5) is 22.1. The number of carbonyl (C=O) groups is 1. The van der Waals surface area contributed by atoms with Crippen LogP contribution in [0.2, 0.25) is 0 Å². The molecule has 1 aromatic heterocycles. The fourth-order valence-corrected chi connectivity index (χ4v) is 5.56. The van der Waals surface area contributed by atoms with Gasteiger partial charge in [0.05, 0.1) is 29.5 Å². The highest BCUT2D eigenvalue weighted by Crippen LogP contribution is 2.40. The molecular formula is C28H31F3N6O2. The smallest absolute Gasteiger partial charge is 0.418 e. The van der Waals surface area contributed by atoms with Gasteiger partial charge in [-0.05, 0) is 51.1 Å². The van der Waals surface area contributed by atoms with Gasteiger partial charge in [-0.25, -0.2) is 4.98 Å². The van der Waals surface area contributed by atoms with Gasteiger partial charge >= 0.3 is 6.18 Å². The summed E-state index contributed by atoms with van der Waals surface area (Å²) in [5.41, 5.74) is 1.66. The van der Waals surface area contributed by atoms with E-state index in [2.05, 4.69) is 22.9 Å². The number of para-hydroxylation sites is 1. The Morgan fingerprint density at radius 2 is 2.08 bits per heavy atom. The first-order valence-corrected chi connectivity index (χ1v) is 13.1. The first kappa shape index (κ1) is 26.8. The van der Waals surface area contributed by atoms with Crippen LogP contribution < -0.4 is 15.0 Å². The van der Waals surface area contributed by atoms with Crippen LogP contribution in [0.3, 0.4) is 0 Å². The number of alkyl halides is 3. The van der Waals surface area contributed by atoms with Crippen LogP contribution in [0.15, 0.2) is 36.9 Å². The van der Waals surface area contributed by atoms with E-state index in [1.807, 2.05) is 7.05 Å². The number of fused-ring (bicyclic) bond motifs is 1. The molecule has 1 N–H and O–H groups in total. The normalized spacial score (nSPS) is 19.7. The molecule has 0 radical (unpaired) electrons. The van der Waals surface area contributed by atoms with Crippen molar-refractivity contribution in [3.8, 4) is 11.9 Å². The lowest BCUT2D eigenvalue weighted by Crippen LogP contribution is -2.56. The molecule has 0 spiro atoms. The Labute approximate surface area is 225 Å². The summed E-state index contributed by atoms with van der Waals surface area (Å²) >= 11 is 0. The van der Waals surface area contributed by atoms with E-state index in [-0.39, 0.29) is 41.7 Å². The molecule has 0 unspecified atom stereocenters. The largest absolute Gasteiger partial charge is 0.475 e. The fourth-order valence-electron chi connectivity index (χ4n) is 5.56. The molecule has 1 atom stereocenters. The number of carbonyl (C=O) groups excluding carboxylic acids is 1. The molecule has 1 amide bonds. The van der Waals surface area contributed by atoms with Crippen molar-refractivity contribution in [1.29, 1.82) is 5.26 Å². The van der Waals surface area contributed by atoms with Gasteiger partial charge in [0.15, 0.2) is 0 Å². The van der Waals surface area contributed by atoms with Crippen molar-refractivity contribution in [2.75, 3.05) is 50.1 Å². The van der Waals surface area contributed by atoms with Gasteiger partial charge in [-0.1, -0.05) is 18.7 Å². The second kappa shape index (κ2) is 10.8. The van der Waals surface area contributed by atoms with Gasteiger partial charge in [0.25, 0.3) is 0 Å². The second-order valence-corrected chi connectivity index (χ2v) is 10.3. The van der Waals surface area contributed by atoms with Crippen LogP contribution in [0, 0.1) is 11.3 Å². The average Bonchev–Trinajstić information content (AvgIpc) is 3.32. The number of ether oxygens (including phenoxy) is 1. The molecule has 8 nitrogen and oxygen atoms in total. The molecule has 2 fully saturated rings. The summed E-state index contributed by atoms with van der Waals surface area (Å²) in [6.07, 6.45) is -0.771. The molecular weight excluding hydrogens is 509 g/mol. The van der Waals surface area contributed by atoms with E-state index in [1.54, 1.807) is 15.9 Å². The summed E-state index contributed by atoms with van der Waals surface area (Å²) in [5, 5.41) is 13.6. The van der Waals surface area contributed by atoms with Crippen LogP contribution in [0.5, 0.6) is 5.88 Å². The van der Waals surface area contributed by atoms with E-state index in [0.29, 0.717) is 44.0 Å². The molecule has 3 aliphatic rings. The Kier molecular flexibility index (Phi) is 7.40. The molecule has 5 rings (SSSR count). The minimum Gasteiger partial charge on any atom is -0.475 e. The number of likely N-dealkylation sites (N-methyl/N-ethyl adjacent to an activating group) is 1. The lowest BCUT2D eigenvalue weighted by atomic mass is 9.97. The maximum Gasteiger partial charge on any atom is 0.418 e. The molecule has 2 aromatic rings. The van der Waals surface area contributed by atoms with Gasteiger partial charge in [-0.3, -0.25) is 4.79 Å². The maximum atomic E-state index is 13.8. The molecule has 206 valence electrons. The van der Waals surface area contributed by atoms with Gasteiger partial charge in [-0.15, -0.1) is 0 Å². The Balaban J connectivity index is 1.47. The van der Waals surface area contributed by atoms with Crippen molar-refractivity contribution < 1.29 is 22.7 Å². The number of nitrogens with zero attached hydrogens (tertiary/aromatic N) is 5. The van der Waals surface area contributed by atoms with E-state index in [4.69, 9.17) is 9.72 Å². The third-order valence-electron chi connectivity index (χ3n) is 7.79. The molecule has 0 aliphatic carbocycles. The van der Waals surface area contributed by atoms with E-state index in [9.17, 15) is 23.2 Å². The topological polar surface area (TPSA) is 84.7 Å². The number of hydrogen-bond acceptors (Lipinski definition) is 7. The van der Waals surface area contributed by atoms with Crippen LogP contribution in [0.4, 0.5) is 24.5 Å². The summed E-state index contributed by atoms with van der Waals surface area (Å²) < 4.78 is 47.4.